The Labute approximate surface area is 102 Å². The summed E-state index contributed by atoms with van der Waals surface area (Å²) in [4.78, 5) is 10.0. The number of rotatable bonds is 3. The smallest absolute Gasteiger partial charge is 0.314 e. The molecule has 0 amide bonds. The van der Waals surface area contributed by atoms with E-state index < -0.39 is 37.8 Å². The number of carboxylic acids is 1. The summed E-state index contributed by atoms with van der Waals surface area (Å²) in [6.07, 6.45) is 1.11. The zero-order valence-electron chi connectivity index (χ0n) is 9.41. The summed E-state index contributed by atoms with van der Waals surface area (Å²) in [5.74, 6) is -3.73. The predicted molar refractivity (Wildman–Crippen MR) is 58.0 cm³/mol. The third-order valence-electron chi connectivity index (χ3n) is 3.09. The molecule has 0 unspecified atom stereocenters. The third-order valence-corrected chi connectivity index (χ3v) is 4.21. The van der Waals surface area contributed by atoms with E-state index in [4.69, 9.17) is 5.11 Å². The van der Waals surface area contributed by atoms with Gasteiger partial charge in [0.25, 0.3) is 0 Å². The van der Waals surface area contributed by atoms with E-state index >= 15 is 0 Å². The normalized spacial score (nSPS) is 17.5. The molecule has 0 saturated heterocycles. The fourth-order valence-electron chi connectivity index (χ4n) is 1.97. The van der Waals surface area contributed by atoms with Crippen LogP contribution >= 0.6 is 0 Å². The highest BCUT2D eigenvalue weighted by atomic mass is 32.2. The van der Waals surface area contributed by atoms with Gasteiger partial charge in [-0.25, -0.2) is 17.2 Å². The Hall–Kier alpha value is -1.50. The molecule has 0 aliphatic heterocycles. The Kier molecular flexibility index (Phi) is 2.69. The van der Waals surface area contributed by atoms with Crippen molar-refractivity contribution in [2.45, 2.75) is 23.2 Å². The van der Waals surface area contributed by atoms with Crippen LogP contribution in [0.5, 0.6) is 0 Å². The van der Waals surface area contributed by atoms with Crippen molar-refractivity contribution < 1.29 is 27.1 Å². The van der Waals surface area contributed by atoms with Crippen LogP contribution in [0.25, 0.3) is 0 Å². The van der Waals surface area contributed by atoms with Gasteiger partial charge in [0.2, 0.25) is 0 Å². The molecule has 7 heteroatoms. The van der Waals surface area contributed by atoms with E-state index in [9.17, 15) is 22.0 Å². The van der Waals surface area contributed by atoms with E-state index in [1.165, 1.54) is 0 Å². The molecule has 1 saturated carbocycles. The average Bonchev–Trinajstić information content (AvgIpc) is 2.96. The molecule has 0 radical (unpaired) electrons. The highest BCUT2D eigenvalue weighted by Gasteiger charge is 2.54. The van der Waals surface area contributed by atoms with Crippen molar-refractivity contribution in [2.24, 2.45) is 0 Å². The SMILES string of the molecule is CS(=O)(=O)c1c(F)ccc(C2(C(=O)O)CC2)c1F. The number of carbonyl (C=O) groups is 1. The Morgan fingerprint density at radius 1 is 1.33 bits per heavy atom. The molecule has 18 heavy (non-hydrogen) atoms. The van der Waals surface area contributed by atoms with Gasteiger partial charge in [-0.05, 0) is 18.9 Å². The van der Waals surface area contributed by atoms with Gasteiger partial charge in [0.05, 0.1) is 5.41 Å². The van der Waals surface area contributed by atoms with Crippen molar-refractivity contribution in [1.29, 1.82) is 0 Å². The summed E-state index contributed by atoms with van der Waals surface area (Å²) in [6, 6.07) is 1.79. The summed E-state index contributed by atoms with van der Waals surface area (Å²) >= 11 is 0. The molecule has 0 atom stereocenters. The number of aliphatic carboxylic acids is 1. The van der Waals surface area contributed by atoms with Crippen LogP contribution in [0.2, 0.25) is 0 Å². The van der Waals surface area contributed by atoms with Gasteiger partial charge in [0.15, 0.2) is 9.84 Å². The van der Waals surface area contributed by atoms with Gasteiger partial charge < -0.3 is 5.11 Å². The summed E-state index contributed by atoms with van der Waals surface area (Å²) in [7, 11) is -4.09. The lowest BCUT2D eigenvalue weighted by Gasteiger charge is -2.13. The first-order chi connectivity index (χ1) is 8.20. The molecule has 1 aliphatic rings. The fourth-order valence-corrected chi connectivity index (χ4v) is 2.82. The second-order valence-electron chi connectivity index (χ2n) is 4.40. The van der Waals surface area contributed by atoms with Gasteiger partial charge in [-0.3, -0.25) is 4.79 Å². The van der Waals surface area contributed by atoms with Crippen LogP contribution in [0.1, 0.15) is 18.4 Å². The topological polar surface area (TPSA) is 71.4 Å². The second kappa shape index (κ2) is 3.74. The first-order valence-corrected chi connectivity index (χ1v) is 7.01. The molecule has 1 fully saturated rings. The predicted octanol–water partition coefficient (Wildman–Crippen LogP) is 1.48. The Morgan fingerprint density at radius 3 is 2.28 bits per heavy atom. The Balaban J connectivity index is 2.71. The van der Waals surface area contributed by atoms with Crippen LogP contribution < -0.4 is 0 Å². The lowest BCUT2D eigenvalue weighted by Crippen LogP contribution is -2.22. The molecular weight excluding hydrogens is 266 g/mol. The van der Waals surface area contributed by atoms with Crippen molar-refractivity contribution in [2.75, 3.05) is 6.26 Å². The molecule has 1 N–H and O–H groups in total. The molecule has 1 aliphatic carbocycles. The summed E-state index contributed by atoms with van der Waals surface area (Å²) in [5.41, 5.74) is -1.67. The van der Waals surface area contributed by atoms with Crippen LogP contribution in [0.4, 0.5) is 8.78 Å². The number of halogens is 2. The maximum Gasteiger partial charge on any atom is 0.314 e. The standard InChI is InChI=1S/C11H10F2O4S/c1-18(16,17)9-7(12)3-2-6(8(9)13)11(4-5-11)10(14)15/h2-3H,4-5H2,1H3,(H,14,15). The first kappa shape index (κ1) is 12.9. The van der Waals surface area contributed by atoms with Gasteiger partial charge in [-0.15, -0.1) is 0 Å². The van der Waals surface area contributed by atoms with Gasteiger partial charge in [0, 0.05) is 11.8 Å². The van der Waals surface area contributed by atoms with Crippen LogP contribution in [0.3, 0.4) is 0 Å². The minimum atomic E-state index is -4.09. The Bertz CT molecular complexity index is 633. The molecule has 0 bridgehead atoms. The van der Waals surface area contributed by atoms with Crippen LogP contribution in [0, 0.1) is 11.6 Å². The zero-order valence-corrected chi connectivity index (χ0v) is 10.2. The number of sulfone groups is 1. The van der Waals surface area contributed by atoms with E-state index in [2.05, 4.69) is 0 Å². The minimum absolute atomic E-state index is 0.216. The van der Waals surface area contributed by atoms with E-state index in [0.29, 0.717) is 6.26 Å². The molecular formula is C11H10F2O4S. The molecule has 2 rings (SSSR count). The molecule has 1 aromatic rings. The van der Waals surface area contributed by atoms with Crippen molar-refractivity contribution in [3.63, 3.8) is 0 Å². The first-order valence-electron chi connectivity index (χ1n) is 5.12. The van der Waals surface area contributed by atoms with Crippen LogP contribution in [-0.2, 0) is 20.0 Å². The summed E-state index contributed by atoms with van der Waals surface area (Å²) < 4.78 is 50.0. The van der Waals surface area contributed by atoms with E-state index in [0.717, 1.165) is 12.1 Å². The maximum atomic E-state index is 14.0. The molecule has 98 valence electrons. The Morgan fingerprint density at radius 2 is 1.89 bits per heavy atom. The highest BCUT2D eigenvalue weighted by molar-refractivity contribution is 7.90. The largest absolute Gasteiger partial charge is 0.481 e. The summed E-state index contributed by atoms with van der Waals surface area (Å²) in [5, 5.41) is 9.03. The third kappa shape index (κ3) is 1.78. The second-order valence-corrected chi connectivity index (χ2v) is 6.35. The van der Waals surface area contributed by atoms with Crippen molar-refractivity contribution in [3.8, 4) is 0 Å². The monoisotopic (exact) mass is 276 g/mol. The van der Waals surface area contributed by atoms with Crippen LogP contribution in [0.15, 0.2) is 17.0 Å². The highest BCUT2D eigenvalue weighted by Crippen LogP contribution is 2.50. The lowest BCUT2D eigenvalue weighted by atomic mass is 9.95. The van der Waals surface area contributed by atoms with Crippen molar-refractivity contribution >= 4 is 15.8 Å². The maximum absolute atomic E-state index is 14.0. The number of carboxylic acid groups (broad SMARTS) is 1. The van der Waals surface area contributed by atoms with Gasteiger partial charge in [-0.2, -0.15) is 0 Å². The molecule has 0 heterocycles. The van der Waals surface area contributed by atoms with Crippen molar-refractivity contribution in [1.82, 2.24) is 0 Å². The molecule has 0 spiro atoms. The quantitative estimate of drug-likeness (QED) is 0.907. The fraction of sp³-hybridized carbons (Fsp3) is 0.364. The minimum Gasteiger partial charge on any atom is -0.481 e. The average molecular weight is 276 g/mol. The lowest BCUT2D eigenvalue weighted by molar-refractivity contribution is -0.140. The zero-order chi connectivity index (χ0) is 13.7. The van der Waals surface area contributed by atoms with E-state index in [1.54, 1.807) is 0 Å². The number of benzene rings is 1. The molecule has 1 aromatic carbocycles. The molecule has 4 nitrogen and oxygen atoms in total. The van der Waals surface area contributed by atoms with E-state index in [1.807, 2.05) is 0 Å². The number of hydrogen-bond acceptors (Lipinski definition) is 3. The van der Waals surface area contributed by atoms with Crippen molar-refractivity contribution in [3.05, 3.63) is 29.3 Å². The summed E-state index contributed by atoms with van der Waals surface area (Å²) in [6.45, 7) is 0. The molecule has 0 aromatic heterocycles. The number of hydrogen-bond donors (Lipinski definition) is 1. The van der Waals surface area contributed by atoms with Crippen LogP contribution in [-0.4, -0.2) is 25.7 Å². The van der Waals surface area contributed by atoms with Gasteiger partial charge in [-0.1, -0.05) is 6.07 Å². The van der Waals surface area contributed by atoms with Gasteiger partial charge >= 0.3 is 5.97 Å². The van der Waals surface area contributed by atoms with Gasteiger partial charge in [0.1, 0.15) is 16.5 Å². The van der Waals surface area contributed by atoms with E-state index in [-0.39, 0.29) is 18.4 Å².